The van der Waals surface area contributed by atoms with Crippen LogP contribution in [0.2, 0.25) is 5.02 Å². The van der Waals surface area contributed by atoms with Crippen LogP contribution in [0.3, 0.4) is 0 Å². The van der Waals surface area contributed by atoms with Crippen molar-refractivity contribution in [2.45, 2.75) is 26.0 Å². The van der Waals surface area contributed by atoms with Crippen LogP contribution in [-0.4, -0.2) is 24.2 Å². The first kappa shape index (κ1) is 19.5. The number of rotatable bonds is 5. The van der Waals surface area contributed by atoms with E-state index in [1.165, 1.54) is 16.7 Å². The number of hydrogen-bond donors (Lipinski definition) is 0. The molecule has 1 aliphatic heterocycles. The highest BCUT2D eigenvalue weighted by Crippen LogP contribution is 2.42. The molecule has 0 radical (unpaired) electrons. The Hall–Kier alpha value is -2.24. The molecule has 0 bridgehead atoms. The fraction of sp³-hybridized carbons (Fsp3) is 0.238. The molecular weight excluding hydrogens is 382 g/mol. The molecule has 6 heteroatoms. The minimum absolute atomic E-state index is 0.142. The smallest absolute Gasteiger partial charge is 0.272 e. The molecular formula is C21H20ClNO3S. The summed E-state index contributed by atoms with van der Waals surface area (Å²) in [6.45, 7) is 5.85. The largest absolute Gasteiger partial charge is 0.496 e. The van der Waals surface area contributed by atoms with E-state index in [0.29, 0.717) is 32.5 Å². The molecule has 0 atom stereocenters. The van der Waals surface area contributed by atoms with Gasteiger partial charge in [-0.2, -0.15) is 0 Å². The summed E-state index contributed by atoms with van der Waals surface area (Å²) in [6.07, 6.45) is 0. The van der Waals surface area contributed by atoms with Crippen molar-refractivity contribution in [3.05, 3.63) is 63.5 Å². The Morgan fingerprint density at radius 3 is 2.41 bits per heavy atom. The van der Waals surface area contributed by atoms with Crippen LogP contribution in [0, 0.1) is 6.92 Å². The van der Waals surface area contributed by atoms with Crippen molar-refractivity contribution in [1.82, 2.24) is 0 Å². The Bertz CT molecular complexity index is 952. The maximum atomic E-state index is 13.3. The van der Waals surface area contributed by atoms with Crippen molar-refractivity contribution in [2.75, 3.05) is 12.0 Å². The fourth-order valence-corrected chi connectivity index (χ4v) is 4.05. The zero-order chi connectivity index (χ0) is 19.7. The molecule has 2 aromatic carbocycles. The van der Waals surface area contributed by atoms with Gasteiger partial charge in [-0.25, -0.2) is 4.90 Å². The van der Waals surface area contributed by atoms with Crippen LogP contribution in [0.15, 0.2) is 47.4 Å². The molecule has 0 aromatic heterocycles. The van der Waals surface area contributed by atoms with Crippen molar-refractivity contribution in [3.8, 4) is 5.75 Å². The highest BCUT2D eigenvalue weighted by molar-refractivity contribution is 8.04. The number of halogens is 1. The van der Waals surface area contributed by atoms with Crippen LogP contribution in [0.5, 0.6) is 5.75 Å². The van der Waals surface area contributed by atoms with E-state index in [1.54, 1.807) is 37.4 Å². The zero-order valence-electron chi connectivity index (χ0n) is 15.6. The highest BCUT2D eigenvalue weighted by atomic mass is 35.5. The van der Waals surface area contributed by atoms with Crippen molar-refractivity contribution in [2.24, 2.45) is 0 Å². The SMILES string of the molecule is COc1ccccc1C1=C(SC(C)C)C(=O)N(c2ccc(C)c(Cl)c2)C1=O. The van der Waals surface area contributed by atoms with Gasteiger partial charge in [0.25, 0.3) is 11.8 Å². The van der Waals surface area contributed by atoms with Gasteiger partial charge in [0.05, 0.1) is 23.3 Å². The lowest BCUT2D eigenvalue weighted by atomic mass is 10.0. The molecule has 0 N–H and O–H groups in total. The number of methoxy groups -OCH3 is 1. The number of imide groups is 1. The first-order chi connectivity index (χ1) is 12.8. The van der Waals surface area contributed by atoms with Gasteiger partial charge in [0.15, 0.2) is 0 Å². The van der Waals surface area contributed by atoms with Gasteiger partial charge < -0.3 is 4.74 Å². The Balaban J connectivity index is 2.16. The predicted octanol–water partition coefficient (Wildman–Crippen LogP) is 5.08. The summed E-state index contributed by atoms with van der Waals surface area (Å²) < 4.78 is 5.42. The lowest BCUT2D eigenvalue weighted by Gasteiger charge is -2.16. The fourth-order valence-electron chi connectivity index (χ4n) is 2.90. The van der Waals surface area contributed by atoms with E-state index in [2.05, 4.69) is 0 Å². The maximum absolute atomic E-state index is 13.3. The lowest BCUT2D eigenvalue weighted by molar-refractivity contribution is -0.119. The second-order valence-electron chi connectivity index (χ2n) is 6.45. The Morgan fingerprint density at radius 1 is 1.07 bits per heavy atom. The van der Waals surface area contributed by atoms with E-state index >= 15 is 0 Å². The number of nitrogens with zero attached hydrogens (tertiary/aromatic N) is 1. The van der Waals surface area contributed by atoms with Gasteiger partial charge >= 0.3 is 0 Å². The highest BCUT2D eigenvalue weighted by Gasteiger charge is 2.41. The lowest BCUT2D eigenvalue weighted by Crippen LogP contribution is -2.31. The van der Waals surface area contributed by atoms with E-state index in [9.17, 15) is 9.59 Å². The molecule has 27 heavy (non-hydrogen) atoms. The maximum Gasteiger partial charge on any atom is 0.272 e. The van der Waals surface area contributed by atoms with Crippen LogP contribution in [0.1, 0.15) is 25.0 Å². The van der Waals surface area contributed by atoms with E-state index in [-0.39, 0.29) is 17.1 Å². The van der Waals surface area contributed by atoms with Crippen LogP contribution < -0.4 is 9.64 Å². The monoisotopic (exact) mass is 401 g/mol. The summed E-state index contributed by atoms with van der Waals surface area (Å²) >= 11 is 7.60. The number of carbonyl (C=O) groups excluding carboxylic acids is 2. The van der Waals surface area contributed by atoms with Crippen molar-refractivity contribution >= 4 is 46.4 Å². The number of carbonyl (C=O) groups is 2. The van der Waals surface area contributed by atoms with Crippen LogP contribution >= 0.6 is 23.4 Å². The number of ether oxygens (including phenoxy) is 1. The zero-order valence-corrected chi connectivity index (χ0v) is 17.1. The number of amides is 2. The second-order valence-corrected chi connectivity index (χ2v) is 8.44. The van der Waals surface area contributed by atoms with Gasteiger partial charge in [0.1, 0.15) is 5.75 Å². The standard InChI is InChI=1S/C21H20ClNO3S/c1-12(2)27-19-18(15-7-5-6-8-17(15)26-4)20(24)23(21(19)25)14-10-9-13(3)16(22)11-14/h5-12H,1-4H3. The summed E-state index contributed by atoms with van der Waals surface area (Å²) in [7, 11) is 1.55. The molecule has 140 valence electrons. The average Bonchev–Trinajstić information content (AvgIpc) is 2.87. The average molecular weight is 402 g/mol. The molecule has 0 fully saturated rings. The molecule has 0 spiro atoms. The summed E-state index contributed by atoms with van der Waals surface area (Å²) in [4.78, 5) is 28.1. The second kappa shape index (κ2) is 7.79. The van der Waals surface area contributed by atoms with E-state index in [0.717, 1.165) is 5.56 Å². The number of anilines is 1. The number of hydrogen-bond acceptors (Lipinski definition) is 4. The number of para-hydroxylation sites is 1. The quantitative estimate of drug-likeness (QED) is 0.655. The molecule has 0 saturated carbocycles. The molecule has 2 amide bonds. The Labute approximate surface area is 168 Å². The van der Waals surface area contributed by atoms with Crippen LogP contribution in [-0.2, 0) is 9.59 Å². The molecule has 0 aliphatic carbocycles. The molecule has 1 heterocycles. The molecule has 1 aliphatic rings. The van der Waals surface area contributed by atoms with Gasteiger partial charge in [-0.3, -0.25) is 9.59 Å². The molecule has 2 aromatic rings. The minimum Gasteiger partial charge on any atom is -0.496 e. The molecule has 0 unspecified atom stereocenters. The van der Waals surface area contributed by atoms with Crippen molar-refractivity contribution in [3.63, 3.8) is 0 Å². The first-order valence-corrected chi connectivity index (χ1v) is 9.80. The van der Waals surface area contributed by atoms with Gasteiger partial charge in [-0.1, -0.05) is 49.7 Å². The normalized spacial score (nSPS) is 14.5. The van der Waals surface area contributed by atoms with Crippen LogP contribution in [0.25, 0.3) is 5.57 Å². The first-order valence-electron chi connectivity index (χ1n) is 8.54. The topological polar surface area (TPSA) is 46.6 Å². The third kappa shape index (κ3) is 3.62. The Kier molecular flexibility index (Phi) is 5.63. The van der Waals surface area contributed by atoms with Gasteiger partial charge in [-0.05, 0) is 30.7 Å². The molecule has 4 nitrogen and oxygen atoms in total. The van der Waals surface area contributed by atoms with Gasteiger partial charge in [0, 0.05) is 15.8 Å². The number of aryl methyl sites for hydroxylation is 1. The predicted molar refractivity (Wildman–Crippen MR) is 111 cm³/mol. The third-order valence-corrected chi connectivity index (χ3v) is 5.68. The third-order valence-electron chi connectivity index (χ3n) is 4.18. The minimum atomic E-state index is -0.368. The number of thioether (sulfide) groups is 1. The van der Waals surface area contributed by atoms with E-state index in [4.69, 9.17) is 16.3 Å². The van der Waals surface area contributed by atoms with E-state index in [1.807, 2.05) is 32.9 Å². The number of benzene rings is 2. The summed E-state index contributed by atoms with van der Waals surface area (Å²) in [5.74, 6) is -0.147. The Morgan fingerprint density at radius 2 is 1.78 bits per heavy atom. The van der Waals surface area contributed by atoms with E-state index < -0.39 is 0 Å². The summed E-state index contributed by atoms with van der Waals surface area (Å²) in [5, 5.41) is 0.653. The molecule has 3 rings (SSSR count). The summed E-state index contributed by atoms with van der Waals surface area (Å²) in [5.41, 5.74) is 2.33. The van der Waals surface area contributed by atoms with Gasteiger partial charge in [-0.15, -0.1) is 11.8 Å². The van der Waals surface area contributed by atoms with Gasteiger partial charge in [0.2, 0.25) is 0 Å². The van der Waals surface area contributed by atoms with Crippen molar-refractivity contribution < 1.29 is 14.3 Å². The van der Waals surface area contributed by atoms with Crippen LogP contribution in [0.4, 0.5) is 5.69 Å². The molecule has 0 saturated heterocycles. The van der Waals surface area contributed by atoms with Crippen molar-refractivity contribution in [1.29, 1.82) is 0 Å². The summed E-state index contributed by atoms with van der Waals surface area (Å²) in [6, 6.07) is 12.4.